The lowest BCUT2D eigenvalue weighted by molar-refractivity contribution is 0.220. The third-order valence-electron chi connectivity index (χ3n) is 8.59. The molecule has 4 bridgehead atoms. The minimum atomic E-state index is 1.06. The van der Waals surface area contributed by atoms with E-state index in [1.807, 2.05) is 0 Å². The van der Waals surface area contributed by atoms with E-state index in [0.29, 0.717) is 0 Å². The molecule has 0 radical (unpaired) electrons. The molecule has 76 valence electrons. The van der Waals surface area contributed by atoms with Crippen molar-refractivity contribution in [3.05, 3.63) is 12.2 Å². The van der Waals surface area contributed by atoms with Gasteiger partial charge in [-0.05, 0) is 77.4 Å². The molecular formula is C15H16. The molecular weight excluding hydrogens is 180 g/mol. The first-order chi connectivity index (χ1) is 7.39. The predicted octanol–water partition coefficient (Wildman–Crippen LogP) is 2.42. The van der Waals surface area contributed by atoms with Crippen molar-refractivity contribution in [2.75, 3.05) is 0 Å². The lowest BCUT2D eigenvalue weighted by Gasteiger charge is -2.24. The molecule has 0 spiro atoms. The fourth-order valence-corrected chi connectivity index (χ4v) is 9.43. The van der Waals surface area contributed by atoms with Crippen LogP contribution in [0.25, 0.3) is 0 Å². The molecule has 0 N–H and O–H groups in total. The summed E-state index contributed by atoms with van der Waals surface area (Å²) in [6.07, 6.45) is 1.68. The van der Waals surface area contributed by atoms with Gasteiger partial charge < -0.3 is 0 Å². The van der Waals surface area contributed by atoms with Gasteiger partial charge in [-0.1, -0.05) is 12.2 Å². The van der Waals surface area contributed by atoms with Crippen molar-refractivity contribution in [1.82, 2.24) is 0 Å². The van der Waals surface area contributed by atoms with E-state index in [1.165, 1.54) is 59.2 Å². The zero-order valence-corrected chi connectivity index (χ0v) is 8.84. The summed E-state index contributed by atoms with van der Waals surface area (Å²) in [5, 5.41) is 0. The van der Waals surface area contributed by atoms with Crippen molar-refractivity contribution in [2.24, 2.45) is 71.0 Å². The van der Waals surface area contributed by atoms with Crippen LogP contribution in [-0.4, -0.2) is 0 Å². The smallest absolute Gasteiger partial charge is 0.0135 e. The van der Waals surface area contributed by atoms with Crippen LogP contribution in [-0.2, 0) is 0 Å². The van der Waals surface area contributed by atoms with E-state index in [1.54, 1.807) is 12.0 Å². The monoisotopic (exact) mass is 196 g/mol. The normalized spacial score (nSPS) is 90.5. The van der Waals surface area contributed by atoms with Gasteiger partial charge in [-0.2, -0.15) is 0 Å². The van der Waals surface area contributed by atoms with Crippen molar-refractivity contribution < 1.29 is 0 Å². The maximum atomic E-state index is 4.51. The van der Waals surface area contributed by atoms with Crippen LogP contribution in [0, 0.1) is 71.0 Å². The topological polar surface area (TPSA) is 0 Å². The first-order valence-corrected chi connectivity index (χ1v) is 7.08. The Balaban J connectivity index is 1.75. The second-order valence-corrected chi connectivity index (χ2v) is 7.81. The van der Waals surface area contributed by atoms with Crippen LogP contribution in [0.15, 0.2) is 12.2 Å². The van der Waals surface area contributed by atoms with Crippen molar-refractivity contribution in [2.45, 2.75) is 6.42 Å². The second-order valence-electron chi connectivity index (χ2n) is 7.81. The van der Waals surface area contributed by atoms with Gasteiger partial charge in [0.15, 0.2) is 0 Å². The molecule has 0 nitrogen and oxygen atoms in total. The summed E-state index contributed by atoms with van der Waals surface area (Å²) >= 11 is 0. The molecule has 8 aliphatic carbocycles. The minimum absolute atomic E-state index is 1.06. The molecule has 15 heavy (non-hydrogen) atoms. The molecule has 0 saturated heterocycles. The molecule has 8 unspecified atom stereocenters. The van der Waals surface area contributed by atoms with E-state index >= 15 is 0 Å². The van der Waals surface area contributed by atoms with Gasteiger partial charge in [-0.3, -0.25) is 0 Å². The molecule has 0 aromatic carbocycles. The zero-order valence-electron chi connectivity index (χ0n) is 8.84. The summed E-state index contributed by atoms with van der Waals surface area (Å²) in [6.45, 7) is 4.51. The Bertz CT molecular complexity index is 391. The highest BCUT2D eigenvalue weighted by molar-refractivity contribution is 5.44. The largest absolute Gasteiger partial charge is 0.0993 e. The van der Waals surface area contributed by atoms with Crippen LogP contribution in [0.4, 0.5) is 0 Å². The van der Waals surface area contributed by atoms with Crippen molar-refractivity contribution >= 4 is 0 Å². The Morgan fingerprint density at radius 3 is 1.47 bits per heavy atom. The SMILES string of the molecule is C=C1C2C3C4C5CC6C4C2C2C1C3C5C62. The first kappa shape index (κ1) is 6.47. The molecule has 8 fully saturated rings. The molecule has 8 atom stereocenters. The van der Waals surface area contributed by atoms with Gasteiger partial charge in [-0.15, -0.1) is 0 Å². The van der Waals surface area contributed by atoms with Crippen molar-refractivity contribution in [1.29, 1.82) is 0 Å². The molecule has 0 amide bonds. The van der Waals surface area contributed by atoms with Crippen LogP contribution in [0.1, 0.15) is 6.42 Å². The molecule has 0 aliphatic heterocycles. The fraction of sp³-hybridized carbons (Fsp3) is 0.867. The highest BCUT2D eigenvalue weighted by Crippen LogP contribution is 2.93. The Kier molecular flexibility index (Phi) is 0.609. The Hall–Kier alpha value is -0.260. The predicted molar refractivity (Wildman–Crippen MR) is 55.6 cm³/mol. The Morgan fingerprint density at radius 2 is 1.07 bits per heavy atom. The summed E-state index contributed by atoms with van der Waals surface area (Å²) in [5.41, 5.74) is 1.76. The number of hydrogen-bond donors (Lipinski definition) is 0. The first-order valence-electron chi connectivity index (χ1n) is 7.08. The van der Waals surface area contributed by atoms with Gasteiger partial charge in [-0.25, -0.2) is 0 Å². The van der Waals surface area contributed by atoms with Crippen molar-refractivity contribution in [3.63, 3.8) is 0 Å². The average Bonchev–Trinajstić information content (AvgIpc) is 2.83. The molecule has 0 aromatic heterocycles. The van der Waals surface area contributed by atoms with E-state index in [2.05, 4.69) is 6.58 Å². The standard InChI is InChI=1S/C15H16/c1-3-6-12-8-4-2-5-10(8)14(6)15-7(3)13(12)9(4)11(5)15/h4-15H,1-2H2. The number of allylic oxidation sites excluding steroid dienone is 1. The molecule has 8 aliphatic rings. The van der Waals surface area contributed by atoms with Crippen LogP contribution < -0.4 is 0 Å². The minimum Gasteiger partial charge on any atom is -0.0993 e. The number of rotatable bonds is 0. The van der Waals surface area contributed by atoms with Crippen molar-refractivity contribution in [3.8, 4) is 0 Å². The molecule has 8 saturated carbocycles. The summed E-state index contributed by atoms with van der Waals surface area (Å²) in [5.74, 6) is 14.2. The molecule has 0 aromatic rings. The van der Waals surface area contributed by atoms with E-state index < -0.39 is 0 Å². The maximum Gasteiger partial charge on any atom is -0.0135 e. The van der Waals surface area contributed by atoms with Gasteiger partial charge in [0, 0.05) is 0 Å². The highest BCUT2D eigenvalue weighted by Gasteiger charge is 2.89. The summed E-state index contributed by atoms with van der Waals surface area (Å²) in [4.78, 5) is 0. The van der Waals surface area contributed by atoms with Gasteiger partial charge in [0.1, 0.15) is 0 Å². The lowest BCUT2D eigenvalue weighted by atomic mass is 9.80. The van der Waals surface area contributed by atoms with Crippen LogP contribution in [0.3, 0.4) is 0 Å². The Morgan fingerprint density at radius 1 is 0.667 bits per heavy atom. The van der Waals surface area contributed by atoms with Crippen LogP contribution in [0.2, 0.25) is 0 Å². The van der Waals surface area contributed by atoms with E-state index in [-0.39, 0.29) is 0 Å². The van der Waals surface area contributed by atoms with Gasteiger partial charge in [0.05, 0.1) is 0 Å². The highest BCUT2D eigenvalue weighted by atomic mass is 14.9. The molecule has 0 heteroatoms. The molecule has 0 heterocycles. The van der Waals surface area contributed by atoms with Gasteiger partial charge >= 0.3 is 0 Å². The fourth-order valence-electron chi connectivity index (χ4n) is 9.43. The van der Waals surface area contributed by atoms with Crippen LogP contribution in [0.5, 0.6) is 0 Å². The lowest BCUT2D eigenvalue weighted by Crippen LogP contribution is -2.21. The second kappa shape index (κ2) is 1.41. The van der Waals surface area contributed by atoms with E-state index in [4.69, 9.17) is 0 Å². The average molecular weight is 196 g/mol. The van der Waals surface area contributed by atoms with Gasteiger partial charge in [0.2, 0.25) is 0 Å². The quantitative estimate of drug-likeness (QED) is 0.522. The molecule has 8 rings (SSSR count). The van der Waals surface area contributed by atoms with Gasteiger partial charge in [0.25, 0.3) is 0 Å². The number of hydrogen-bond acceptors (Lipinski definition) is 0. The van der Waals surface area contributed by atoms with Crippen LogP contribution >= 0.6 is 0 Å². The maximum absolute atomic E-state index is 4.51. The van der Waals surface area contributed by atoms with E-state index in [9.17, 15) is 0 Å². The summed E-state index contributed by atoms with van der Waals surface area (Å²) < 4.78 is 0. The summed E-state index contributed by atoms with van der Waals surface area (Å²) in [7, 11) is 0. The Labute approximate surface area is 90.1 Å². The third kappa shape index (κ3) is 0.330. The van der Waals surface area contributed by atoms with E-state index in [0.717, 1.165) is 11.8 Å². The summed E-state index contributed by atoms with van der Waals surface area (Å²) in [6, 6.07) is 0. The zero-order chi connectivity index (χ0) is 9.21. The third-order valence-corrected chi connectivity index (χ3v) is 8.59.